The zero-order chi connectivity index (χ0) is 18.1. The molecule has 0 saturated carbocycles. The number of hydrogen-bond acceptors (Lipinski definition) is 3. The average molecular weight is 478 g/mol. The molecule has 6 nitrogen and oxygen atoms in total. The van der Waals surface area contributed by atoms with Crippen LogP contribution in [0.15, 0.2) is 29.3 Å². The quantitative estimate of drug-likeness (QED) is 0.375. The van der Waals surface area contributed by atoms with Crippen molar-refractivity contribution >= 4 is 41.5 Å². The Bertz CT molecular complexity index is 575. The van der Waals surface area contributed by atoms with E-state index >= 15 is 0 Å². The van der Waals surface area contributed by atoms with Crippen LogP contribution in [0.4, 0.5) is 10.1 Å². The van der Waals surface area contributed by atoms with E-state index < -0.39 is 0 Å². The number of anilines is 1. The van der Waals surface area contributed by atoms with Crippen molar-refractivity contribution in [3.63, 3.8) is 0 Å². The third kappa shape index (κ3) is 7.45. The molecule has 1 aromatic carbocycles. The van der Waals surface area contributed by atoms with E-state index in [9.17, 15) is 9.18 Å². The third-order valence-corrected chi connectivity index (χ3v) is 3.98. The second-order valence-corrected chi connectivity index (χ2v) is 5.87. The maximum Gasteiger partial charge on any atom is 0.246 e. The summed E-state index contributed by atoms with van der Waals surface area (Å²) in [6, 6.07) is 5.68. The first-order chi connectivity index (χ1) is 12.1. The third-order valence-electron chi connectivity index (χ3n) is 3.98. The average Bonchev–Trinajstić information content (AvgIpc) is 2.62. The van der Waals surface area contributed by atoms with E-state index in [1.54, 1.807) is 0 Å². The van der Waals surface area contributed by atoms with Crippen molar-refractivity contribution in [2.75, 3.05) is 38.1 Å². The van der Waals surface area contributed by atoms with Crippen LogP contribution in [-0.2, 0) is 9.53 Å². The molecule has 0 aliphatic carbocycles. The van der Waals surface area contributed by atoms with Crippen molar-refractivity contribution in [3.05, 3.63) is 30.1 Å². The zero-order valence-corrected chi connectivity index (χ0v) is 17.7. The molecule has 0 unspecified atom stereocenters. The maximum atomic E-state index is 12.9. The Balaban J connectivity index is 0.00000338. The van der Waals surface area contributed by atoms with Gasteiger partial charge >= 0.3 is 0 Å². The highest BCUT2D eigenvalue weighted by Crippen LogP contribution is 2.14. The summed E-state index contributed by atoms with van der Waals surface area (Å²) in [4.78, 5) is 18.6. The van der Waals surface area contributed by atoms with E-state index in [0.29, 0.717) is 11.8 Å². The molecule has 0 bridgehead atoms. The monoisotopic (exact) mass is 478 g/mol. The molecular weight excluding hydrogens is 450 g/mol. The number of halogens is 2. The van der Waals surface area contributed by atoms with Crippen molar-refractivity contribution in [2.24, 2.45) is 4.99 Å². The highest BCUT2D eigenvalue weighted by atomic mass is 127. The Kier molecular flexibility index (Phi) is 10.5. The van der Waals surface area contributed by atoms with Gasteiger partial charge in [-0.05, 0) is 51.0 Å². The predicted octanol–water partition coefficient (Wildman–Crippen LogP) is 2.85. The first-order valence-electron chi connectivity index (χ1n) is 8.82. The van der Waals surface area contributed by atoms with Crippen LogP contribution in [0.1, 0.15) is 26.7 Å². The summed E-state index contributed by atoms with van der Waals surface area (Å²) in [5, 5.41) is 5.95. The Morgan fingerprint density at radius 3 is 2.50 bits per heavy atom. The molecule has 1 saturated heterocycles. The number of nitrogens with one attached hydrogen (secondary N) is 2. The fourth-order valence-electron chi connectivity index (χ4n) is 2.78. The molecule has 8 heteroatoms. The molecule has 0 radical (unpaired) electrons. The molecule has 26 heavy (non-hydrogen) atoms. The van der Waals surface area contributed by atoms with Crippen LogP contribution >= 0.6 is 24.0 Å². The van der Waals surface area contributed by atoms with Gasteiger partial charge in [0.15, 0.2) is 5.96 Å². The Hall–Kier alpha value is -1.42. The van der Waals surface area contributed by atoms with Crippen LogP contribution in [0.3, 0.4) is 0 Å². The molecule has 1 fully saturated rings. The number of carbonyl (C=O) groups excluding carboxylic acids is 1. The Morgan fingerprint density at radius 2 is 1.92 bits per heavy atom. The number of hydrogen-bond donors (Lipinski definition) is 2. The fraction of sp³-hybridized carbons (Fsp3) is 0.556. The number of guanidine groups is 1. The molecule has 1 aliphatic rings. The topological polar surface area (TPSA) is 66.0 Å². The lowest BCUT2D eigenvalue weighted by Gasteiger charge is -2.34. The van der Waals surface area contributed by atoms with Gasteiger partial charge in [-0.15, -0.1) is 24.0 Å². The summed E-state index contributed by atoms with van der Waals surface area (Å²) in [5.74, 6) is 0.179. The van der Waals surface area contributed by atoms with Gasteiger partial charge in [-0.3, -0.25) is 4.79 Å². The number of ether oxygens (including phenoxy) is 1. The first kappa shape index (κ1) is 22.6. The van der Waals surface area contributed by atoms with Crippen molar-refractivity contribution in [1.82, 2.24) is 10.2 Å². The van der Waals surface area contributed by atoms with E-state index in [-0.39, 0.29) is 42.2 Å². The van der Waals surface area contributed by atoms with Gasteiger partial charge in [-0.2, -0.15) is 0 Å². The lowest BCUT2D eigenvalue weighted by atomic mass is 10.1. The summed E-state index contributed by atoms with van der Waals surface area (Å²) in [6.45, 7) is 7.22. The van der Waals surface area contributed by atoms with Gasteiger partial charge in [-0.25, -0.2) is 9.38 Å². The molecule has 1 heterocycles. The number of amides is 1. The summed E-state index contributed by atoms with van der Waals surface area (Å²) in [5.41, 5.74) is 0.559. The smallest absolute Gasteiger partial charge is 0.246 e. The Morgan fingerprint density at radius 1 is 1.27 bits per heavy atom. The van der Waals surface area contributed by atoms with Crippen LogP contribution in [0.5, 0.6) is 0 Å². The van der Waals surface area contributed by atoms with Gasteiger partial charge in [0.05, 0.1) is 6.10 Å². The van der Waals surface area contributed by atoms with Gasteiger partial charge in [-0.1, -0.05) is 0 Å². The van der Waals surface area contributed by atoms with Gasteiger partial charge in [0.2, 0.25) is 5.91 Å². The summed E-state index contributed by atoms with van der Waals surface area (Å²) in [6.07, 6.45) is 2.23. The van der Waals surface area contributed by atoms with E-state index in [2.05, 4.69) is 20.5 Å². The molecule has 146 valence electrons. The molecular formula is C18H28FIN4O2. The first-order valence-corrected chi connectivity index (χ1v) is 8.82. The molecule has 0 aromatic heterocycles. The largest absolute Gasteiger partial charge is 0.378 e. The minimum atomic E-state index is -0.332. The number of benzene rings is 1. The number of likely N-dealkylation sites (tertiary alicyclic amines) is 1. The molecule has 1 aliphatic heterocycles. The van der Waals surface area contributed by atoms with Gasteiger partial charge in [0.25, 0.3) is 0 Å². The van der Waals surface area contributed by atoms with Crippen LogP contribution in [0.2, 0.25) is 0 Å². The summed E-state index contributed by atoms with van der Waals surface area (Å²) >= 11 is 0. The highest BCUT2D eigenvalue weighted by molar-refractivity contribution is 14.0. The maximum absolute atomic E-state index is 12.9. The SMILES string of the molecule is CCNC(=NCC(=O)Nc1ccc(F)cc1)N1CCC(OCC)CC1.I. The normalized spacial score (nSPS) is 15.3. The fourth-order valence-corrected chi connectivity index (χ4v) is 2.78. The molecule has 0 atom stereocenters. The Labute approximate surface area is 171 Å². The molecule has 1 amide bonds. The minimum absolute atomic E-state index is 0. The lowest BCUT2D eigenvalue weighted by molar-refractivity contribution is -0.114. The number of piperidine rings is 1. The number of rotatable bonds is 6. The van der Waals surface area contributed by atoms with Crippen LogP contribution < -0.4 is 10.6 Å². The van der Waals surface area contributed by atoms with Gasteiger partial charge in [0.1, 0.15) is 12.4 Å². The predicted molar refractivity (Wildman–Crippen MR) is 113 cm³/mol. The second kappa shape index (κ2) is 12.1. The van der Waals surface area contributed by atoms with Crippen molar-refractivity contribution in [3.8, 4) is 0 Å². The van der Waals surface area contributed by atoms with Crippen LogP contribution in [0, 0.1) is 5.82 Å². The van der Waals surface area contributed by atoms with Crippen LogP contribution in [0.25, 0.3) is 0 Å². The van der Waals surface area contributed by atoms with Crippen molar-refractivity contribution in [2.45, 2.75) is 32.8 Å². The van der Waals surface area contributed by atoms with Crippen molar-refractivity contribution in [1.29, 1.82) is 0 Å². The van der Waals surface area contributed by atoms with Crippen molar-refractivity contribution < 1.29 is 13.9 Å². The molecule has 1 aromatic rings. The summed E-state index contributed by atoms with van der Waals surface area (Å²) < 4.78 is 18.6. The van der Waals surface area contributed by atoms with E-state index in [1.165, 1.54) is 24.3 Å². The number of nitrogens with zero attached hydrogens (tertiary/aromatic N) is 2. The summed E-state index contributed by atoms with van der Waals surface area (Å²) in [7, 11) is 0. The molecule has 0 spiro atoms. The van der Waals surface area contributed by atoms with E-state index in [4.69, 9.17) is 4.74 Å². The van der Waals surface area contributed by atoms with E-state index in [0.717, 1.165) is 45.0 Å². The molecule has 2 N–H and O–H groups in total. The standard InChI is InChI=1S/C18H27FN4O2.HI/c1-3-20-18(23-11-9-16(10-12-23)25-4-2)21-13-17(24)22-15-7-5-14(19)6-8-15;/h5-8,16H,3-4,9-13H2,1-2H3,(H,20,21)(H,22,24);1H. The van der Waals surface area contributed by atoms with Gasteiger partial charge < -0.3 is 20.3 Å². The number of carbonyl (C=O) groups is 1. The number of aliphatic imine (C=N–C) groups is 1. The highest BCUT2D eigenvalue weighted by Gasteiger charge is 2.21. The zero-order valence-electron chi connectivity index (χ0n) is 15.3. The van der Waals surface area contributed by atoms with Gasteiger partial charge in [0, 0.05) is 31.9 Å². The molecule has 2 rings (SSSR count). The lowest BCUT2D eigenvalue weighted by Crippen LogP contribution is -2.47. The van der Waals surface area contributed by atoms with E-state index in [1.807, 2.05) is 13.8 Å². The minimum Gasteiger partial charge on any atom is -0.378 e. The van der Waals surface area contributed by atoms with Crippen LogP contribution in [-0.4, -0.2) is 55.7 Å². The second-order valence-electron chi connectivity index (χ2n) is 5.87.